The zero-order valence-corrected chi connectivity index (χ0v) is 15.3. The molecular formula is C20H28O4. The number of fused-ring (bicyclic) bond motifs is 2. The van der Waals surface area contributed by atoms with Crippen molar-refractivity contribution in [2.45, 2.75) is 66.1 Å². The minimum atomic E-state index is -0.579. The van der Waals surface area contributed by atoms with Gasteiger partial charge in [0, 0.05) is 28.9 Å². The molecule has 0 amide bonds. The van der Waals surface area contributed by atoms with E-state index in [-0.39, 0.29) is 23.4 Å². The summed E-state index contributed by atoms with van der Waals surface area (Å²) in [5.41, 5.74) is 2.27. The fourth-order valence-electron chi connectivity index (χ4n) is 4.57. The Morgan fingerprint density at radius 3 is 2.83 bits per heavy atom. The van der Waals surface area contributed by atoms with Crippen molar-refractivity contribution in [3.8, 4) is 0 Å². The second-order valence-electron chi connectivity index (χ2n) is 7.71. The number of carbonyl (C=O) groups excluding carboxylic acids is 1. The van der Waals surface area contributed by atoms with Crippen molar-refractivity contribution in [2.75, 3.05) is 0 Å². The molecule has 4 nitrogen and oxygen atoms in total. The molecule has 1 heterocycles. The SMILES string of the molecule is C/C=C(\C)C(=O)O[C@H]1CC[C@@H]2Cc3occ(C)c3[C@@H](O)[C@]2(C)[C@H]1C. The van der Waals surface area contributed by atoms with Crippen LogP contribution >= 0.6 is 0 Å². The molecule has 0 bridgehead atoms. The number of furan rings is 1. The van der Waals surface area contributed by atoms with Gasteiger partial charge in [0.25, 0.3) is 0 Å². The lowest BCUT2D eigenvalue weighted by Gasteiger charge is -2.53. The van der Waals surface area contributed by atoms with Crippen LogP contribution in [0.25, 0.3) is 0 Å². The number of hydrogen-bond acceptors (Lipinski definition) is 4. The average molecular weight is 332 g/mol. The maximum Gasteiger partial charge on any atom is 0.333 e. The zero-order valence-electron chi connectivity index (χ0n) is 15.3. The van der Waals surface area contributed by atoms with Gasteiger partial charge in [-0.2, -0.15) is 0 Å². The summed E-state index contributed by atoms with van der Waals surface area (Å²) in [6.07, 6.45) is 5.41. The zero-order chi connectivity index (χ0) is 17.6. The quantitative estimate of drug-likeness (QED) is 0.654. The number of aliphatic hydroxyl groups excluding tert-OH is 1. The van der Waals surface area contributed by atoms with Crippen molar-refractivity contribution in [3.05, 3.63) is 34.8 Å². The first-order chi connectivity index (χ1) is 11.3. The lowest BCUT2D eigenvalue weighted by Crippen LogP contribution is -2.52. The molecule has 0 unspecified atom stereocenters. The molecule has 1 saturated carbocycles. The van der Waals surface area contributed by atoms with Crippen molar-refractivity contribution in [2.24, 2.45) is 17.3 Å². The maximum atomic E-state index is 12.2. The molecule has 0 aliphatic heterocycles. The molecule has 1 fully saturated rings. The average Bonchev–Trinajstić information content (AvgIpc) is 2.93. The van der Waals surface area contributed by atoms with Gasteiger partial charge < -0.3 is 14.3 Å². The molecule has 0 aromatic carbocycles. The lowest BCUT2D eigenvalue weighted by atomic mass is 9.53. The number of esters is 1. The molecule has 2 aliphatic rings. The van der Waals surface area contributed by atoms with Gasteiger partial charge in [-0.05, 0) is 45.1 Å². The summed E-state index contributed by atoms with van der Waals surface area (Å²) in [5.74, 6) is 1.11. The fraction of sp³-hybridized carbons (Fsp3) is 0.650. The van der Waals surface area contributed by atoms with E-state index in [0.717, 1.165) is 36.1 Å². The third kappa shape index (κ3) is 2.43. The van der Waals surface area contributed by atoms with Crippen molar-refractivity contribution < 1.29 is 19.1 Å². The van der Waals surface area contributed by atoms with E-state index in [1.165, 1.54) is 0 Å². The van der Waals surface area contributed by atoms with E-state index in [9.17, 15) is 9.90 Å². The largest absolute Gasteiger partial charge is 0.469 e. The highest BCUT2D eigenvalue weighted by Gasteiger charge is 2.55. The minimum absolute atomic E-state index is 0.0855. The molecule has 132 valence electrons. The maximum absolute atomic E-state index is 12.2. The number of rotatable bonds is 2. The third-order valence-electron chi connectivity index (χ3n) is 6.63. The van der Waals surface area contributed by atoms with Gasteiger partial charge in [0.05, 0.1) is 12.4 Å². The van der Waals surface area contributed by atoms with Gasteiger partial charge >= 0.3 is 5.97 Å². The monoisotopic (exact) mass is 332 g/mol. The standard InChI is InChI=1S/C20H28O4/c1-6-11(2)19(22)24-15-8-7-14-9-16-17(12(3)10-23-16)18(21)20(14,5)13(15)4/h6,10,13-15,18,21H,7-9H2,1-5H3/b11-6+/t13-,14+,15-,18+,20+/m0/s1. The van der Waals surface area contributed by atoms with Gasteiger partial charge in [0.2, 0.25) is 0 Å². The van der Waals surface area contributed by atoms with Gasteiger partial charge in [-0.3, -0.25) is 0 Å². The van der Waals surface area contributed by atoms with Crippen LogP contribution in [0.15, 0.2) is 22.3 Å². The fourth-order valence-corrected chi connectivity index (χ4v) is 4.57. The minimum Gasteiger partial charge on any atom is -0.469 e. The van der Waals surface area contributed by atoms with Crippen molar-refractivity contribution in [3.63, 3.8) is 0 Å². The summed E-state index contributed by atoms with van der Waals surface area (Å²) >= 11 is 0. The van der Waals surface area contributed by atoms with Gasteiger partial charge in [0.1, 0.15) is 11.9 Å². The van der Waals surface area contributed by atoms with Crippen LogP contribution in [-0.2, 0) is 16.0 Å². The van der Waals surface area contributed by atoms with Crippen LogP contribution in [0.3, 0.4) is 0 Å². The number of aryl methyl sites for hydroxylation is 1. The van der Waals surface area contributed by atoms with Crippen LogP contribution < -0.4 is 0 Å². The van der Waals surface area contributed by atoms with E-state index in [4.69, 9.17) is 9.15 Å². The van der Waals surface area contributed by atoms with E-state index in [0.29, 0.717) is 11.5 Å². The lowest BCUT2D eigenvalue weighted by molar-refractivity contribution is -0.168. The van der Waals surface area contributed by atoms with Gasteiger partial charge in [-0.25, -0.2) is 4.79 Å². The Labute approximate surface area is 143 Å². The number of hydrogen-bond donors (Lipinski definition) is 1. The predicted octanol–water partition coefficient (Wildman–Crippen LogP) is 4.11. The Kier molecular flexibility index (Phi) is 4.37. The smallest absolute Gasteiger partial charge is 0.333 e. The van der Waals surface area contributed by atoms with Gasteiger partial charge in [-0.15, -0.1) is 0 Å². The Morgan fingerprint density at radius 2 is 2.17 bits per heavy atom. The summed E-state index contributed by atoms with van der Waals surface area (Å²) in [4.78, 5) is 12.2. The second kappa shape index (κ2) is 6.07. The Bertz CT molecular complexity index is 671. The molecule has 0 radical (unpaired) electrons. The van der Waals surface area contributed by atoms with Crippen LogP contribution in [0, 0.1) is 24.2 Å². The highest BCUT2D eigenvalue weighted by molar-refractivity contribution is 5.87. The second-order valence-corrected chi connectivity index (χ2v) is 7.71. The van der Waals surface area contributed by atoms with Crippen molar-refractivity contribution in [1.29, 1.82) is 0 Å². The first kappa shape index (κ1) is 17.3. The molecule has 3 rings (SSSR count). The normalized spacial score (nSPS) is 36.0. The van der Waals surface area contributed by atoms with Crippen molar-refractivity contribution in [1.82, 2.24) is 0 Å². The number of carbonyl (C=O) groups is 1. The molecule has 0 saturated heterocycles. The first-order valence-corrected chi connectivity index (χ1v) is 8.89. The third-order valence-corrected chi connectivity index (χ3v) is 6.63. The van der Waals surface area contributed by atoms with Crippen molar-refractivity contribution >= 4 is 5.97 Å². The Balaban J connectivity index is 1.89. The van der Waals surface area contributed by atoms with Crippen LogP contribution in [0.2, 0.25) is 0 Å². The number of ether oxygens (including phenoxy) is 1. The first-order valence-electron chi connectivity index (χ1n) is 8.89. The molecule has 1 aromatic heterocycles. The van der Waals surface area contributed by atoms with E-state index in [1.54, 1.807) is 19.3 Å². The summed E-state index contributed by atoms with van der Waals surface area (Å²) in [5, 5.41) is 11.2. The Morgan fingerprint density at radius 1 is 1.46 bits per heavy atom. The molecule has 5 atom stereocenters. The molecule has 1 aromatic rings. The van der Waals surface area contributed by atoms with E-state index in [1.807, 2.05) is 13.8 Å². The van der Waals surface area contributed by atoms with E-state index >= 15 is 0 Å². The highest BCUT2D eigenvalue weighted by Crippen LogP contribution is 2.58. The summed E-state index contributed by atoms with van der Waals surface area (Å²) in [6.45, 7) is 9.85. The molecular weight excluding hydrogens is 304 g/mol. The molecule has 24 heavy (non-hydrogen) atoms. The van der Waals surface area contributed by atoms with Crippen LogP contribution in [0.1, 0.15) is 63.5 Å². The summed E-state index contributed by atoms with van der Waals surface area (Å²) < 4.78 is 11.4. The van der Waals surface area contributed by atoms with E-state index in [2.05, 4.69) is 13.8 Å². The predicted molar refractivity (Wildman–Crippen MR) is 91.4 cm³/mol. The number of allylic oxidation sites excluding steroid dienone is 1. The number of aliphatic hydroxyl groups is 1. The van der Waals surface area contributed by atoms with Crippen LogP contribution in [0.4, 0.5) is 0 Å². The molecule has 4 heteroatoms. The van der Waals surface area contributed by atoms with Crippen LogP contribution in [0.5, 0.6) is 0 Å². The topological polar surface area (TPSA) is 59.7 Å². The molecule has 1 N–H and O–H groups in total. The molecule has 0 spiro atoms. The highest BCUT2D eigenvalue weighted by atomic mass is 16.5. The van der Waals surface area contributed by atoms with E-state index < -0.39 is 6.10 Å². The van der Waals surface area contributed by atoms with Gasteiger partial charge in [0.15, 0.2) is 0 Å². The Hall–Kier alpha value is -1.55. The molecule has 2 aliphatic carbocycles. The van der Waals surface area contributed by atoms with Gasteiger partial charge in [-0.1, -0.05) is 19.9 Å². The van der Waals surface area contributed by atoms with Crippen LogP contribution in [-0.4, -0.2) is 17.2 Å². The summed E-state index contributed by atoms with van der Waals surface area (Å²) in [6, 6.07) is 0. The summed E-state index contributed by atoms with van der Waals surface area (Å²) in [7, 11) is 0.